The van der Waals surface area contributed by atoms with Gasteiger partial charge in [0.05, 0.1) is 11.5 Å². The number of aromatic amines is 1. The maximum absolute atomic E-state index is 12.4. The number of rotatable bonds is 7. The molecule has 3 N–H and O–H groups in total. The summed E-state index contributed by atoms with van der Waals surface area (Å²) in [4.78, 5) is 16.8. The molecule has 1 aromatic heterocycles. The van der Waals surface area contributed by atoms with E-state index in [-0.39, 0.29) is 18.5 Å². The number of amides is 1. The molecule has 0 unspecified atom stereocenters. The van der Waals surface area contributed by atoms with Gasteiger partial charge in [0.25, 0.3) is 0 Å². The summed E-state index contributed by atoms with van der Waals surface area (Å²) in [7, 11) is 0. The van der Waals surface area contributed by atoms with Crippen LogP contribution in [-0.4, -0.2) is 39.3 Å². The summed E-state index contributed by atoms with van der Waals surface area (Å²) in [5.74, 6) is 1.85. The highest BCUT2D eigenvalue weighted by molar-refractivity contribution is 7.99. The molecule has 1 aliphatic heterocycles. The summed E-state index contributed by atoms with van der Waals surface area (Å²) in [5, 5.41) is 16.7. The van der Waals surface area contributed by atoms with Crippen molar-refractivity contribution in [3.05, 3.63) is 66.2 Å². The van der Waals surface area contributed by atoms with Gasteiger partial charge in [0, 0.05) is 16.6 Å². The van der Waals surface area contributed by atoms with Crippen LogP contribution in [0.3, 0.4) is 0 Å². The summed E-state index contributed by atoms with van der Waals surface area (Å²) in [6, 6.07) is 19.4. The van der Waals surface area contributed by atoms with E-state index in [1.54, 1.807) is 0 Å². The van der Waals surface area contributed by atoms with Gasteiger partial charge in [0.1, 0.15) is 0 Å². The number of benzene rings is 3. The van der Waals surface area contributed by atoms with Gasteiger partial charge in [-0.25, -0.2) is 10.5 Å². The van der Waals surface area contributed by atoms with Crippen molar-refractivity contribution < 1.29 is 14.3 Å². The number of thioether (sulfide) groups is 1. The summed E-state index contributed by atoms with van der Waals surface area (Å²) < 4.78 is 10.7. The van der Waals surface area contributed by atoms with E-state index in [9.17, 15) is 4.79 Å². The molecule has 0 bridgehead atoms. The Morgan fingerprint density at radius 1 is 1.12 bits per heavy atom. The Bertz CT molecular complexity index is 1350. The molecule has 9 nitrogen and oxygen atoms in total. The monoisotopic (exact) mass is 460 g/mol. The largest absolute Gasteiger partial charge is 0.454 e. The molecule has 3 aromatic carbocycles. The van der Waals surface area contributed by atoms with Crippen molar-refractivity contribution in [3.8, 4) is 11.5 Å². The summed E-state index contributed by atoms with van der Waals surface area (Å²) in [6.45, 7) is 2.10. The van der Waals surface area contributed by atoms with Crippen molar-refractivity contribution in [2.45, 2.75) is 12.1 Å². The van der Waals surface area contributed by atoms with E-state index in [1.807, 2.05) is 67.6 Å². The number of anilines is 2. The lowest BCUT2D eigenvalue weighted by Gasteiger charge is -2.08. The lowest BCUT2D eigenvalue weighted by atomic mass is 10.1. The average Bonchev–Trinajstić information content (AvgIpc) is 3.50. The predicted octanol–water partition coefficient (Wildman–Crippen LogP) is 4.25. The first-order chi connectivity index (χ1) is 16.2. The van der Waals surface area contributed by atoms with Crippen LogP contribution in [0.25, 0.3) is 10.8 Å². The average molecular weight is 461 g/mol. The standard InChI is InChI=1S/C23H20N6O3S/c1-14(16-9-10-19-20(11-16)32-13-31-19)26-27-22-25-23(29-28-22)33-12-21(30)24-18-8-4-6-15-5-2-3-7-17(15)18/h2-11H,12-13H2,1H3,(H,24,30)(H2,25,27,28,29)/b26-14+. The smallest absolute Gasteiger partial charge is 0.240 e. The van der Waals surface area contributed by atoms with Gasteiger partial charge in [0.15, 0.2) is 11.5 Å². The lowest BCUT2D eigenvalue weighted by molar-refractivity contribution is -0.113. The number of nitrogens with zero attached hydrogens (tertiary/aromatic N) is 3. The summed E-state index contributed by atoms with van der Waals surface area (Å²) in [5.41, 5.74) is 5.27. The normalized spacial score (nSPS) is 12.7. The van der Waals surface area contributed by atoms with Crippen LogP contribution in [0.5, 0.6) is 11.5 Å². The van der Waals surface area contributed by atoms with E-state index in [4.69, 9.17) is 9.47 Å². The van der Waals surface area contributed by atoms with Gasteiger partial charge in [-0.05, 0) is 36.6 Å². The van der Waals surface area contributed by atoms with E-state index in [2.05, 4.69) is 31.0 Å². The van der Waals surface area contributed by atoms with Gasteiger partial charge in [-0.2, -0.15) is 10.1 Å². The minimum absolute atomic E-state index is 0.132. The molecule has 0 atom stereocenters. The molecule has 10 heteroatoms. The second kappa shape index (κ2) is 9.21. The highest BCUT2D eigenvalue weighted by Crippen LogP contribution is 2.32. The maximum atomic E-state index is 12.4. The predicted molar refractivity (Wildman–Crippen MR) is 128 cm³/mol. The highest BCUT2D eigenvalue weighted by Gasteiger charge is 2.14. The van der Waals surface area contributed by atoms with E-state index >= 15 is 0 Å². The van der Waals surface area contributed by atoms with Gasteiger partial charge in [-0.15, -0.1) is 5.10 Å². The Hall–Kier alpha value is -4.05. The van der Waals surface area contributed by atoms with Gasteiger partial charge in [0.2, 0.25) is 23.8 Å². The Balaban J connectivity index is 1.16. The number of H-pyrrole nitrogens is 1. The second-order valence-corrected chi connectivity index (χ2v) is 8.15. The molecule has 0 spiro atoms. The fourth-order valence-corrected chi connectivity index (χ4v) is 3.93. The minimum Gasteiger partial charge on any atom is -0.454 e. The Morgan fingerprint density at radius 3 is 2.91 bits per heavy atom. The molecular weight excluding hydrogens is 440 g/mol. The second-order valence-electron chi connectivity index (χ2n) is 7.21. The number of fused-ring (bicyclic) bond motifs is 2. The molecule has 33 heavy (non-hydrogen) atoms. The first-order valence-electron chi connectivity index (χ1n) is 10.2. The highest BCUT2D eigenvalue weighted by atomic mass is 32.2. The van der Waals surface area contributed by atoms with Gasteiger partial charge in [-0.3, -0.25) is 4.79 Å². The van der Waals surface area contributed by atoms with Crippen molar-refractivity contribution in [1.82, 2.24) is 15.2 Å². The molecule has 4 aromatic rings. The number of hydrogen-bond acceptors (Lipinski definition) is 8. The molecule has 0 radical (unpaired) electrons. The summed E-state index contributed by atoms with van der Waals surface area (Å²) in [6.07, 6.45) is 0. The number of ether oxygens (including phenoxy) is 2. The third-order valence-corrected chi connectivity index (χ3v) is 5.83. The molecule has 0 fully saturated rings. The summed E-state index contributed by atoms with van der Waals surface area (Å²) >= 11 is 1.23. The number of carbonyl (C=O) groups excluding carboxylic acids is 1. The molecule has 5 rings (SSSR count). The number of hydrazone groups is 1. The first kappa shape index (κ1) is 20.8. The third-order valence-electron chi connectivity index (χ3n) is 4.98. The van der Waals surface area contributed by atoms with Gasteiger partial charge < -0.3 is 14.8 Å². The molecule has 2 heterocycles. The number of nitrogens with one attached hydrogen (secondary N) is 3. The van der Waals surface area contributed by atoms with E-state index in [0.717, 1.165) is 33.5 Å². The van der Waals surface area contributed by atoms with Crippen LogP contribution in [0.2, 0.25) is 0 Å². The molecule has 166 valence electrons. The number of hydrogen-bond donors (Lipinski definition) is 3. The van der Waals surface area contributed by atoms with Gasteiger partial charge >= 0.3 is 0 Å². The maximum Gasteiger partial charge on any atom is 0.240 e. The van der Waals surface area contributed by atoms with Crippen LogP contribution in [0, 0.1) is 0 Å². The fourth-order valence-electron chi connectivity index (χ4n) is 3.33. The third kappa shape index (κ3) is 4.75. The Labute approximate surface area is 193 Å². The zero-order valence-electron chi connectivity index (χ0n) is 17.7. The first-order valence-corrected chi connectivity index (χ1v) is 11.2. The fraction of sp³-hybridized carbons (Fsp3) is 0.130. The van der Waals surface area contributed by atoms with E-state index in [1.165, 1.54) is 11.8 Å². The van der Waals surface area contributed by atoms with Crippen LogP contribution in [-0.2, 0) is 4.79 Å². The lowest BCUT2D eigenvalue weighted by Crippen LogP contribution is -2.14. The SMILES string of the molecule is C/C(=N\Nc1nc(SCC(=O)Nc2cccc3ccccc23)n[nH]1)c1ccc2c(c1)OCO2. The topological polar surface area (TPSA) is 114 Å². The minimum atomic E-state index is -0.132. The van der Waals surface area contributed by atoms with Crippen molar-refractivity contribution in [2.75, 3.05) is 23.3 Å². The molecule has 1 amide bonds. The molecule has 0 saturated heterocycles. The van der Waals surface area contributed by atoms with Crippen molar-refractivity contribution in [1.29, 1.82) is 0 Å². The molecular formula is C23H20N6O3S. The van der Waals surface area contributed by atoms with Crippen LogP contribution in [0.4, 0.5) is 11.6 Å². The molecule has 1 aliphatic rings. The van der Waals surface area contributed by atoms with Crippen LogP contribution in [0.1, 0.15) is 12.5 Å². The zero-order valence-corrected chi connectivity index (χ0v) is 18.5. The van der Waals surface area contributed by atoms with Crippen molar-refractivity contribution in [3.63, 3.8) is 0 Å². The Kier molecular flexibility index (Phi) is 5.81. The van der Waals surface area contributed by atoms with E-state index in [0.29, 0.717) is 16.9 Å². The van der Waals surface area contributed by atoms with Crippen LogP contribution >= 0.6 is 11.8 Å². The number of carbonyl (C=O) groups is 1. The van der Waals surface area contributed by atoms with Crippen LogP contribution < -0.4 is 20.2 Å². The number of aromatic nitrogens is 3. The molecule has 0 aliphatic carbocycles. The zero-order chi connectivity index (χ0) is 22.6. The quantitative estimate of drug-likeness (QED) is 0.215. The van der Waals surface area contributed by atoms with Crippen LogP contribution in [0.15, 0.2) is 70.9 Å². The van der Waals surface area contributed by atoms with Gasteiger partial charge in [-0.1, -0.05) is 48.2 Å². The molecule has 0 saturated carbocycles. The van der Waals surface area contributed by atoms with Crippen molar-refractivity contribution in [2.24, 2.45) is 5.10 Å². The van der Waals surface area contributed by atoms with Crippen molar-refractivity contribution >= 4 is 45.8 Å². The van der Waals surface area contributed by atoms with E-state index < -0.39 is 0 Å². The Morgan fingerprint density at radius 2 is 1.97 bits per heavy atom.